The number of nitrogens with zero attached hydrogens (tertiary/aromatic N) is 1. The first-order chi connectivity index (χ1) is 11.6. The largest absolute Gasteiger partial charge is 0.380 e. The predicted octanol–water partition coefficient (Wildman–Crippen LogP) is 6.03. The van der Waals surface area contributed by atoms with Crippen molar-refractivity contribution in [2.45, 2.75) is 53.5 Å². The summed E-state index contributed by atoms with van der Waals surface area (Å²) in [5.74, 6) is 0.921. The van der Waals surface area contributed by atoms with E-state index in [4.69, 9.17) is 4.98 Å². The van der Waals surface area contributed by atoms with E-state index in [-0.39, 0.29) is 5.54 Å². The van der Waals surface area contributed by atoms with Crippen LogP contribution >= 0.6 is 0 Å². The second kappa shape index (κ2) is 6.21. The van der Waals surface area contributed by atoms with Crippen molar-refractivity contribution in [2.75, 3.05) is 5.32 Å². The SMILES string of the molecule is CC(C)(C)Cc1ccc(-c2nc3ccc(NC(C)(C)C)cc3[nH]2)cc1. The molecule has 0 aliphatic carbocycles. The van der Waals surface area contributed by atoms with Gasteiger partial charge in [-0.1, -0.05) is 45.0 Å². The van der Waals surface area contributed by atoms with Gasteiger partial charge >= 0.3 is 0 Å². The van der Waals surface area contributed by atoms with Crippen molar-refractivity contribution in [3.05, 3.63) is 48.0 Å². The van der Waals surface area contributed by atoms with Crippen LogP contribution < -0.4 is 5.32 Å². The van der Waals surface area contributed by atoms with Crippen LogP contribution in [-0.4, -0.2) is 15.5 Å². The number of anilines is 1. The maximum atomic E-state index is 4.74. The number of hydrogen-bond acceptors (Lipinski definition) is 2. The summed E-state index contributed by atoms with van der Waals surface area (Å²) >= 11 is 0. The molecular weight excluding hydrogens is 306 g/mol. The molecule has 0 aliphatic heterocycles. The smallest absolute Gasteiger partial charge is 0.138 e. The fourth-order valence-electron chi connectivity index (χ4n) is 3.05. The van der Waals surface area contributed by atoms with Crippen LogP contribution in [0.5, 0.6) is 0 Å². The van der Waals surface area contributed by atoms with Crippen molar-refractivity contribution < 1.29 is 0 Å². The van der Waals surface area contributed by atoms with Gasteiger partial charge < -0.3 is 10.3 Å². The number of hydrogen-bond donors (Lipinski definition) is 2. The minimum Gasteiger partial charge on any atom is -0.380 e. The van der Waals surface area contributed by atoms with Crippen LogP contribution in [0, 0.1) is 5.41 Å². The zero-order valence-corrected chi connectivity index (χ0v) is 16.2. The van der Waals surface area contributed by atoms with Crippen LogP contribution in [-0.2, 0) is 6.42 Å². The summed E-state index contributed by atoms with van der Waals surface area (Å²) in [7, 11) is 0. The average Bonchev–Trinajstić information content (AvgIpc) is 2.87. The van der Waals surface area contributed by atoms with E-state index in [1.165, 1.54) is 5.56 Å². The maximum Gasteiger partial charge on any atom is 0.138 e. The van der Waals surface area contributed by atoms with Crippen LogP contribution in [0.25, 0.3) is 22.4 Å². The third-order valence-electron chi connectivity index (χ3n) is 3.96. The fourth-order valence-corrected chi connectivity index (χ4v) is 3.05. The first kappa shape index (κ1) is 17.5. The Morgan fingerprint density at radius 2 is 1.60 bits per heavy atom. The van der Waals surface area contributed by atoms with Gasteiger partial charge in [0.15, 0.2) is 0 Å². The normalized spacial score (nSPS) is 12.6. The molecule has 0 spiro atoms. The average molecular weight is 335 g/mol. The number of fused-ring (bicyclic) bond motifs is 1. The van der Waals surface area contributed by atoms with Crippen molar-refractivity contribution in [3.63, 3.8) is 0 Å². The highest BCUT2D eigenvalue weighted by Crippen LogP contribution is 2.26. The van der Waals surface area contributed by atoms with Gasteiger partial charge in [-0.25, -0.2) is 4.98 Å². The fraction of sp³-hybridized carbons (Fsp3) is 0.409. The number of imidazole rings is 1. The Morgan fingerprint density at radius 1 is 0.920 bits per heavy atom. The van der Waals surface area contributed by atoms with Gasteiger partial charge in [-0.3, -0.25) is 0 Å². The topological polar surface area (TPSA) is 40.7 Å². The molecule has 0 atom stereocenters. The molecule has 3 nitrogen and oxygen atoms in total. The summed E-state index contributed by atoms with van der Waals surface area (Å²) in [4.78, 5) is 8.20. The molecule has 0 unspecified atom stereocenters. The molecule has 1 heterocycles. The molecule has 3 heteroatoms. The third-order valence-corrected chi connectivity index (χ3v) is 3.96. The van der Waals surface area contributed by atoms with Gasteiger partial charge in [0.2, 0.25) is 0 Å². The molecule has 0 fully saturated rings. The first-order valence-electron chi connectivity index (χ1n) is 8.96. The molecule has 3 aromatic rings. The molecule has 2 N–H and O–H groups in total. The lowest BCUT2D eigenvalue weighted by atomic mass is 9.88. The minimum atomic E-state index is 0.0411. The van der Waals surface area contributed by atoms with E-state index in [1.54, 1.807) is 0 Å². The molecule has 0 bridgehead atoms. The lowest BCUT2D eigenvalue weighted by Gasteiger charge is -2.21. The van der Waals surface area contributed by atoms with Crippen molar-refractivity contribution in [1.29, 1.82) is 0 Å². The molecule has 3 rings (SSSR count). The van der Waals surface area contributed by atoms with Gasteiger partial charge in [-0.05, 0) is 56.4 Å². The molecule has 0 saturated carbocycles. The number of aromatic nitrogens is 2. The Kier molecular flexibility index (Phi) is 4.36. The van der Waals surface area contributed by atoms with Crippen LogP contribution in [0.4, 0.5) is 5.69 Å². The zero-order valence-electron chi connectivity index (χ0n) is 16.2. The zero-order chi connectivity index (χ0) is 18.2. The van der Waals surface area contributed by atoms with E-state index in [9.17, 15) is 0 Å². The number of rotatable bonds is 3. The number of benzene rings is 2. The molecule has 0 saturated heterocycles. The van der Waals surface area contributed by atoms with E-state index in [2.05, 4.69) is 94.3 Å². The summed E-state index contributed by atoms with van der Waals surface area (Å²) in [6, 6.07) is 15.0. The lowest BCUT2D eigenvalue weighted by molar-refractivity contribution is 0.411. The number of aromatic amines is 1. The van der Waals surface area contributed by atoms with E-state index >= 15 is 0 Å². The van der Waals surface area contributed by atoms with Crippen molar-refractivity contribution in [2.24, 2.45) is 5.41 Å². The standard InChI is InChI=1S/C22H29N3/c1-21(2,3)14-15-7-9-16(10-8-15)20-23-18-12-11-17(13-19(18)24-20)25-22(4,5)6/h7-13,25H,14H2,1-6H3,(H,23,24). The van der Waals surface area contributed by atoms with Gasteiger partial charge in [-0.2, -0.15) is 0 Å². The summed E-state index contributed by atoms with van der Waals surface area (Å²) in [5.41, 5.74) is 5.99. The van der Waals surface area contributed by atoms with Gasteiger partial charge in [0.25, 0.3) is 0 Å². The van der Waals surface area contributed by atoms with E-state index in [0.717, 1.165) is 34.5 Å². The maximum absolute atomic E-state index is 4.74. The molecule has 2 aromatic carbocycles. The highest BCUT2D eigenvalue weighted by molar-refractivity contribution is 5.82. The molecule has 1 aromatic heterocycles. The van der Waals surface area contributed by atoms with Crippen LogP contribution in [0.1, 0.15) is 47.1 Å². The Bertz CT molecular complexity index is 859. The predicted molar refractivity (Wildman–Crippen MR) is 108 cm³/mol. The Hall–Kier alpha value is -2.29. The third kappa shape index (κ3) is 4.62. The second-order valence-electron chi connectivity index (χ2n) is 9.13. The highest BCUT2D eigenvalue weighted by Gasteiger charge is 2.13. The molecule has 0 aliphatic rings. The lowest BCUT2D eigenvalue weighted by Crippen LogP contribution is -2.25. The monoisotopic (exact) mass is 335 g/mol. The molecule has 0 radical (unpaired) electrons. The molecular formula is C22H29N3. The minimum absolute atomic E-state index is 0.0411. The molecule has 25 heavy (non-hydrogen) atoms. The second-order valence-corrected chi connectivity index (χ2v) is 9.13. The highest BCUT2D eigenvalue weighted by atomic mass is 15.0. The van der Waals surface area contributed by atoms with Crippen molar-refractivity contribution in [1.82, 2.24) is 9.97 Å². The van der Waals surface area contributed by atoms with Gasteiger partial charge in [-0.15, -0.1) is 0 Å². The van der Waals surface area contributed by atoms with Gasteiger partial charge in [0.1, 0.15) is 5.82 Å². The summed E-state index contributed by atoms with van der Waals surface area (Å²) in [6.07, 6.45) is 1.08. The van der Waals surface area contributed by atoms with Gasteiger partial charge in [0, 0.05) is 16.8 Å². The quantitative estimate of drug-likeness (QED) is 0.613. The molecule has 0 amide bonds. The van der Waals surface area contributed by atoms with E-state index in [0.29, 0.717) is 5.41 Å². The summed E-state index contributed by atoms with van der Waals surface area (Å²) in [5, 5.41) is 3.50. The van der Waals surface area contributed by atoms with Crippen LogP contribution in [0.15, 0.2) is 42.5 Å². The first-order valence-corrected chi connectivity index (χ1v) is 8.96. The van der Waals surface area contributed by atoms with Crippen LogP contribution in [0.3, 0.4) is 0 Å². The Labute approximate surface area is 150 Å². The van der Waals surface area contributed by atoms with Crippen LogP contribution in [0.2, 0.25) is 0 Å². The number of H-pyrrole nitrogens is 1. The Balaban J connectivity index is 1.86. The van der Waals surface area contributed by atoms with E-state index in [1.807, 2.05) is 0 Å². The summed E-state index contributed by atoms with van der Waals surface area (Å²) < 4.78 is 0. The molecule has 132 valence electrons. The van der Waals surface area contributed by atoms with E-state index < -0.39 is 0 Å². The Morgan fingerprint density at radius 3 is 2.20 bits per heavy atom. The number of nitrogens with one attached hydrogen (secondary N) is 2. The van der Waals surface area contributed by atoms with Crippen molar-refractivity contribution >= 4 is 16.7 Å². The van der Waals surface area contributed by atoms with Gasteiger partial charge in [0.05, 0.1) is 11.0 Å². The van der Waals surface area contributed by atoms with Crippen molar-refractivity contribution in [3.8, 4) is 11.4 Å². The summed E-state index contributed by atoms with van der Waals surface area (Å²) in [6.45, 7) is 13.3.